The molecule has 2 unspecified atom stereocenters. The molecule has 0 radical (unpaired) electrons. The number of hydrogen-bond donors (Lipinski definition) is 0. The first-order valence-corrected chi connectivity index (χ1v) is 13.2. The fourth-order valence-corrected chi connectivity index (χ4v) is 4.42. The first kappa shape index (κ1) is 26.7. The van der Waals surface area contributed by atoms with Crippen molar-refractivity contribution in [2.45, 2.75) is 38.9 Å². The monoisotopic (exact) mass is 502 g/mol. The van der Waals surface area contributed by atoms with Gasteiger partial charge in [0, 0.05) is 0 Å². The molecule has 0 spiro atoms. The molecule has 0 aliphatic carbocycles. The Balaban J connectivity index is 1.63. The zero-order chi connectivity index (χ0) is 26.6. The quantitative estimate of drug-likeness (QED) is 0.203. The Hall–Kier alpha value is -4.37. The summed E-state index contributed by atoms with van der Waals surface area (Å²) in [4.78, 5) is 13.3. The van der Waals surface area contributed by atoms with Crippen molar-refractivity contribution < 1.29 is 14.3 Å². The second-order valence-electron chi connectivity index (χ2n) is 8.97. The Morgan fingerprint density at radius 3 is 1.18 bits per heavy atom. The Morgan fingerprint density at radius 2 is 0.868 bits per heavy atom. The van der Waals surface area contributed by atoms with Gasteiger partial charge in [-0.1, -0.05) is 135 Å². The van der Waals surface area contributed by atoms with Gasteiger partial charge in [0.2, 0.25) is 0 Å². The Labute approximate surface area is 226 Å². The van der Waals surface area contributed by atoms with Crippen LogP contribution in [0, 0.1) is 0 Å². The van der Waals surface area contributed by atoms with Gasteiger partial charge in [0.1, 0.15) is 12.2 Å². The first-order chi connectivity index (χ1) is 18.7. The van der Waals surface area contributed by atoms with Gasteiger partial charge >= 0.3 is 6.16 Å². The SMILES string of the molecule is CCC(=CC(OC(=O)OC(C=C(CC)c1ccccc1)c1ccccc1)c1ccccc1)c1ccccc1. The van der Waals surface area contributed by atoms with Crippen molar-refractivity contribution in [1.29, 1.82) is 0 Å². The number of carbonyl (C=O) groups excluding carboxylic acids is 1. The van der Waals surface area contributed by atoms with Gasteiger partial charge in [-0.2, -0.15) is 0 Å². The highest BCUT2D eigenvalue weighted by atomic mass is 16.7. The Morgan fingerprint density at radius 1 is 0.553 bits per heavy atom. The van der Waals surface area contributed by atoms with Crippen molar-refractivity contribution in [2.75, 3.05) is 0 Å². The van der Waals surface area contributed by atoms with Crippen LogP contribution in [0.5, 0.6) is 0 Å². The van der Waals surface area contributed by atoms with Gasteiger partial charge in [-0.3, -0.25) is 0 Å². The lowest BCUT2D eigenvalue weighted by Gasteiger charge is -2.20. The molecule has 0 bridgehead atoms. The second kappa shape index (κ2) is 13.8. The summed E-state index contributed by atoms with van der Waals surface area (Å²) in [6, 6.07) is 39.9. The molecule has 0 saturated heterocycles. The van der Waals surface area contributed by atoms with Crippen molar-refractivity contribution in [2.24, 2.45) is 0 Å². The van der Waals surface area contributed by atoms with E-state index in [2.05, 4.69) is 38.1 Å². The molecule has 0 fully saturated rings. The van der Waals surface area contributed by atoms with E-state index < -0.39 is 18.4 Å². The molecule has 0 heterocycles. The minimum atomic E-state index is -0.716. The summed E-state index contributed by atoms with van der Waals surface area (Å²) in [7, 11) is 0. The van der Waals surface area contributed by atoms with Crippen LogP contribution in [0.3, 0.4) is 0 Å². The van der Waals surface area contributed by atoms with Gasteiger partial charge < -0.3 is 9.47 Å². The van der Waals surface area contributed by atoms with Crippen LogP contribution >= 0.6 is 0 Å². The lowest BCUT2D eigenvalue weighted by molar-refractivity contribution is 0.0204. The number of carbonyl (C=O) groups is 1. The minimum Gasteiger partial charge on any atom is -0.422 e. The molecule has 38 heavy (non-hydrogen) atoms. The standard InChI is InChI=1S/C35H34O3/c1-3-27(29-17-9-5-10-18-29)25-33(31-21-13-7-14-22-31)37-35(36)38-34(32-23-15-8-16-24-32)26-28(4-2)30-19-11-6-12-20-30/h5-26,33-34H,3-4H2,1-2H3. The summed E-state index contributed by atoms with van der Waals surface area (Å²) in [5.41, 5.74) is 6.18. The number of hydrogen-bond acceptors (Lipinski definition) is 3. The van der Waals surface area contributed by atoms with E-state index in [1.54, 1.807) is 0 Å². The van der Waals surface area contributed by atoms with E-state index in [0.717, 1.165) is 46.2 Å². The number of ether oxygens (including phenoxy) is 2. The van der Waals surface area contributed by atoms with E-state index in [9.17, 15) is 4.79 Å². The predicted octanol–water partition coefficient (Wildman–Crippen LogP) is 9.61. The highest BCUT2D eigenvalue weighted by Gasteiger charge is 2.21. The van der Waals surface area contributed by atoms with Crippen molar-refractivity contribution in [3.63, 3.8) is 0 Å². The zero-order valence-corrected chi connectivity index (χ0v) is 22.0. The third-order valence-corrected chi connectivity index (χ3v) is 6.46. The zero-order valence-electron chi connectivity index (χ0n) is 22.0. The molecule has 0 saturated carbocycles. The number of rotatable bonds is 10. The number of benzene rings is 4. The van der Waals surface area contributed by atoms with E-state index in [-0.39, 0.29) is 0 Å². The smallest absolute Gasteiger partial charge is 0.422 e. The topological polar surface area (TPSA) is 35.5 Å². The van der Waals surface area contributed by atoms with Crippen molar-refractivity contribution in [1.82, 2.24) is 0 Å². The minimum absolute atomic E-state index is 0.584. The highest BCUT2D eigenvalue weighted by molar-refractivity contribution is 5.69. The molecular formula is C35H34O3. The summed E-state index contributed by atoms with van der Waals surface area (Å²) in [6.07, 6.45) is 3.75. The summed E-state index contributed by atoms with van der Waals surface area (Å²) in [5.74, 6) is 0. The first-order valence-electron chi connectivity index (χ1n) is 13.2. The molecule has 0 N–H and O–H groups in total. The summed E-state index contributed by atoms with van der Waals surface area (Å²) in [6.45, 7) is 4.20. The normalized spacial score (nSPS) is 13.4. The van der Waals surface area contributed by atoms with Crippen LogP contribution in [0.15, 0.2) is 133 Å². The lowest BCUT2D eigenvalue weighted by Crippen LogP contribution is -2.15. The fourth-order valence-electron chi connectivity index (χ4n) is 4.42. The molecule has 0 aliphatic rings. The van der Waals surface area contributed by atoms with Crippen LogP contribution in [0.2, 0.25) is 0 Å². The van der Waals surface area contributed by atoms with Gasteiger partial charge in [0.05, 0.1) is 0 Å². The van der Waals surface area contributed by atoms with E-state index in [1.165, 1.54) is 0 Å². The Kier molecular flexibility index (Phi) is 9.69. The van der Waals surface area contributed by atoms with Gasteiger partial charge in [0.15, 0.2) is 0 Å². The highest BCUT2D eigenvalue weighted by Crippen LogP contribution is 2.30. The van der Waals surface area contributed by atoms with Gasteiger partial charge in [0.25, 0.3) is 0 Å². The molecule has 0 amide bonds. The van der Waals surface area contributed by atoms with Gasteiger partial charge in [-0.25, -0.2) is 4.79 Å². The second-order valence-corrected chi connectivity index (χ2v) is 8.97. The van der Waals surface area contributed by atoms with Crippen LogP contribution in [0.25, 0.3) is 11.1 Å². The molecule has 3 heteroatoms. The molecule has 3 nitrogen and oxygen atoms in total. The Bertz CT molecular complexity index is 1220. The van der Waals surface area contributed by atoms with Crippen molar-refractivity contribution >= 4 is 17.3 Å². The average molecular weight is 503 g/mol. The summed E-state index contributed by atoms with van der Waals surface area (Å²) < 4.78 is 12.0. The largest absolute Gasteiger partial charge is 0.510 e. The van der Waals surface area contributed by atoms with Gasteiger partial charge in [-0.05, 0) is 58.4 Å². The molecule has 0 aromatic heterocycles. The number of allylic oxidation sites excluding steroid dienone is 2. The van der Waals surface area contributed by atoms with E-state index in [4.69, 9.17) is 9.47 Å². The van der Waals surface area contributed by atoms with E-state index in [0.29, 0.717) is 0 Å². The van der Waals surface area contributed by atoms with Crippen LogP contribution < -0.4 is 0 Å². The molecule has 0 aliphatic heterocycles. The van der Waals surface area contributed by atoms with Crippen LogP contribution in [0.4, 0.5) is 4.79 Å². The molecule has 4 aromatic rings. The van der Waals surface area contributed by atoms with Crippen LogP contribution in [-0.2, 0) is 9.47 Å². The fraction of sp³-hybridized carbons (Fsp3) is 0.171. The molecule has 2 atom stereocenters. The molecule has 192 valence electrons. The van der Waals surface area contributed by atoms with E-state index in [1.807, 2.05) is 109 Å². The third kappa shape index (κ3) is 7.33. The van der Waals surface area contributed by atoms with Crippen LogP contribution in [-0.4, -0.2) is 6.16 Å². The van der Waals surface area contributed by atoms with E-state index >= 15 is 0 Å². The van der Waals surface area contributed by atoms with Crippen molar-refractivity contribution in [3.05, 3.63) is 156 Å². The molecule has 4 rings (SSSR count). The molecular weight excluding hydrogens is 468 g/mol. The van der Waals surface area contributed by atoms with Crippen LogP contribution in [0.1, 0.15) is 61.2 Å². The molecule has 4 aromatic carbocycles. The van der Waals surface area contributed by atoms with Crippen molar-refractivity contribution in [3.8, 4) is 0 Å². The maximum atomic E-state index is 13.3. The third-order valence-electron chi connectivity index (χ3n) is 6.46. The summed E-state index contributed by atoms with van der Waals surface area (Å²) in [5, 5.41) is 0. The predicted molar refractivity (Wildman–Crippen MR) is 155 cm³/mol. The van der Waals surface area contributed by atoms with Gasteiger partial charge in [-0.15, -0.1) is 0 Å². The average Bonchev–Trinajstić information content (AvgIpc) is 2.99. The lowest BCUT2D eigenvalue weighted by atomic mass is 9.99. The summed E-state index contributed by atoms with van der Waals surface area (Å²) >= 11 is 0. The maximum Gasteiger partial charge on any atom is 0.510 e. The maximum absolute atomic E-state index is 13.3.